The number of methoxy groups -OCH3 is 1. The number of aryl methyl sites for hydroxylation is 1. The molecule has 2 aliphatic heterocycles. The van der Waals surface area contributed by atoms with Gasteiger partial charge in [0.25, 0.3) is 11.7 Å². The van der Waals surface area contributed by atoms with Crippen molar-refractivity contribution in [2.45, 2.75) is 26.3 Å². The number of benzene rings is 1. The topological polar surface area (TPSA) is 121 Å². The number of hydrogen-bond acceptors (Lipinski definition) is 8. The highest BCUT2D eigenvalue weighted by Crippen LogP contribution is 2.41. The predicted molar refractivity (Wildman–Crippen MR) is 145 cm³/mol. The van der Waals surface area contributed by atoms with Crippen molar-refractivity contribution < 1.29 is 33.7 Å². The number of likely N-dealkylation sites (tertiary alicyclic amines) is 1. The van der Waals surface area contributed by atoms with Gasteiger partial charge in [-0.25, -0.2) is 4.79 Å². The molecule has 2 N–H and O–H groups in total. The number of amides is 1. The van der Waals surface area contributed by atoms with Crippen LogP contribution in [0.4, 0.5) is 0 Å². The molecule has 39 heavy (non-hydrogen) atoms. The molecule has 208 valence electrons. The first-order valence-corrected chi connectivity index (χ1v) is 13.0. The standard InChI is InChI=1S/C29H35N3O7/c1-5-15-39-21-9-7-20(8-10-21)25-23(26(33)22-18(2)24(29(36)37-4)30-19(22)3)27(34)28(35)32(25)12-6-11-31-13-16-38-17-14-31/h5,7-10,25,30,33H,1,6,11-17H2,2-4H3/b26-23+. The number of hydrogen-bond donors (Lipinski definition) is 2. The number of morpholine rings is 1. The summed E-state index contributed by atoms with van der Waals surface area (Å²) in [6.45, 7) is 11.4. The van der Waals surface area contributed by atoms with Crippen LogP contribution in [-0.4, -0.2) is 90.7 Å². The minimum Gasteiger partial charge on any atom is -0.507 e. The van der Waals surface area contributed by atoms with E-state index in [1.54, 1.807) is 44.2 Å². The number of rotatable bonds is 10. The summed E-state index contributed by atoms with van der Waals surface area (Å²) in [7, 11) is 1.27. The molecule has 2 fully saturated rings. The van der Waals surface area contributed by atoms with Crippen LogP contribution in [0.2, 0.25) is 0 Å². The zero-order valence-corrected chi connectivity index (χ0v) is 22.6. The molecule has 10 nitrogen and oxygen atoms in total. The Morgan fingerprint density at radius 1 is 1.18 bits per heavy atom. The maximum absolute atomic E-state index is 13.4. The first-order chi connectivity index (χ1) is 18.8. The molecule has 0 saturated carbocycles. The molecule has 1 amide bonds. The van der Waals surface area contributed by atoms with E-state index in [9.17, 15) is 19.5 Å². The SMILES string of the molecule is C=CCOc1ccc(C2/C(=C(\O)c3c(C)[nH]c(C(=O)OC)c3C)C(=O)C(=O)N2CCCN2CCOCC2)cc1. The van der Waals surface area contributed by atoms with Crippen molar-refractivity contribution in [3.63, 3.8) is 0 Å². The number of nitrogens with one attached hydrogen (secondary N) is 1. The Hall–Kier alpha value is -3.89. The smallest absolute Gasteiger partial charge is 0.354 e. The summed E-state index contributed by atoms with van der Waals surface area (Å²) in [4.78, 5) is 45.7. The third-order valence-corrected chi connectivity index (χ3v) is 7.14. The van der Waals surface area contributed by atoms with Crippen molar-refractivity contribution in [2.24, 2.45) is 0 Å². The Balaban J connectivity index is 1.73. The van der Waals surface area contributed by atoms with Gasteiger partial charge >= 0.3 is 5.97 Å². The van der Waals surface area contributed by atoms with Crippen molar-refractivity contribution in [1.82, 2.24) is 14.8 Å². The van der Waals surface area contributed by atoms with Gasteiger partial charge in [0.15, 0.2) is 0 Å². The molecule has 3 heterocycles. The van der Waals surface area contributed by atoms with E-state index >= 15 is 0 Å². The normalized spacial score (nSPS) is 19.4. The van der Waals surface area contributed by atoms with E-state index in [1.807, 2.05) is 0 Å². The zero-order valence-electron chi connectivity index (χ0n) is 22.6. The maximum atomic E-state index is 13.4. The summed E-state index contributed by atoms with van der Waals surface area (Å²) >= 11 is 0. The first-order valence-electron chi connectivity index (χ1n) is 13.0. The molecule has 4 rings (SSSR count). The van der Waals surface area contributed by atoms with Gasteiger partial charge in [0.1, 0.15) is 23.8 Å². The Kier molecular flexibility index (Phi) is 8.88. The number of carbonyl (C=O) groups is 3. The van der Waals surface area contributed by atoms with Crippen molar-refractivity contribution in [1.29, 1.82) is 0 Å². The van der Waals surface area contributed by atoms with E-state index in [1.165, 1.54) is 12.0 Å². The third-order valence-electron chi connectivity index (χ3n) is 7.14. The second-order valence-electron chi connectivity index (χ2n) is 9.59. The van der Waals surface area contributed by atoms with Crippen LogP contribution in [-0.2, 0) is 19.1 Å². The Morgan fingerprint density at radius 3 is 2.51 bits per heavy atom. The van der Waals surface area contributed by atoms with E-state index in [0.717, 1.165) is 19.6 Å². The first kappa shape index (κ1) is 28.1. The Morgan fingerprint density at radius 2 is 1.87 bits per heavy atom. The van der Waals surface area contributed by atoms with Gasteiger partial charge in [0.05, 0.1) is 31.9 Å². The summed E-state index contributed by atoms with van der Waals surface area (Å²) in [6.07, 6.45) is 2.29. The fraction of sp³-hybridized carbons (Fsp3) is 0.414. The van der Waals surface area contributed by atoms with E-state index in [0.29, 0.717) is 60.9 Å². The number of esters is 1. The molecule has 0 spiro atoms. The number of aliphatic hydroxyl groups is 1. The molecule has 10 heteroatoms. The van der Waals surface area contributed by atoms with Gasteiger partial charge in [-0.3, -0.25) is 14.5 Å². The molecule has 1 aromatic carbocycles. The van der Waals surface area contributed by atoms with Gasteiger partial charge in [-0.2, -0.15) is 0 Å². The number of Topliss-reactive ketones (excluding diaryl/α,β-unsaturated/α-hetero) is 1. The average molecular weight is 538 g/mol. The second kappa shape index (κ2) is 12.3. The molecule has 2 aromatic rings. The number of aromatic nitrogens is 1. The van der Waals surface area contributed by atoms with Crippen LogP contribution in [0.15, 0.2) is 42.5 Å². The van der Waals surface area contributed by atoms with Crippen LogP contribution in [0.3, 0.4) is 0 Å². The average Bonchev–Trinajstić information content (AvgIpc) is 3.39. The minimum atomic E-state index is -0.807. The van der Waals surface area contributed by atoms with Crippen LogP contribution in [0, 0.1) is 13.8 Å². The number of H-pyrrole nitrogens is 1. The highest BCUT2D eigenvalue weighted by Gasteiger charge is 2.46. The molecule has 1 unspecified atom stereocenters. The quantitative estimate of drug-likeness (QED) is 0.156. The lowest BCUT2D eigenvalue weighted by molar-refractivity contribution is -0.140. The van der Waals surface area contributed by atoms with Gasteiger partial charge in [-0.1, -0.05) is 24.8 Å². The summed E-state index contributed by atoms with van der Waals surface area (Å²) in [5.41, 5.74) is 2.03. The van der Waals surface area contributed by atoms with Crippen LogP contribution >= 0.6 is 0 Å². The minimum absolute atomic E-state index is 0.0206. The number of ether oxygens (including phenoxy) is 3. The van der Waals surface area contributed by atoms with E-state index in [2.05, 4.69) is 16.5 Å². The summed E-state index contributed by atoms with van der Waals surface area (Å²) in [5.74, 6) is -1.75. The van der Waals surface area contributed by atoms with Crippen LogP contribution in [0.25, 0.3) is 5.76 Å². The monoisotopic (exact) mass is 537 g/mol. The van der Waals surface area contributed by atoms with Gasteiger partial charge in [0, 0.05) is 37.4 Å². The van der Waals surface area contributed by atoms with E-state index < -0.39 is 23.7 Å². The largest absolute Gasteiger partial charge is 0.507 e. The molecule has 2 saturated heterocycles. The molecule has 1 atom stereocenters. The fourth-order valence-electron chi connectivity index (χ4n) is 5.19. The van der Waals surface area contributed by atoms with E-state index in [4.69, 9.17) is 14.2 Å². The number of aromatic amines is 1. The zero-order chi connectivity index (χ0) is 28.1. The lowest BCUT2D eigenvalue weighted by Crippen LogP contribution is -2.38. The third kappa shape index (κ3) is 5.76. The maximum Gasteiger partial charge on any atom is 0.354 e. The highest BCUT2D eigenvalue weighted by atomic mass is 16.5. The molecule has 1 aromatic heterocycles. The Labute approximate surface area is 227 Å². The van der Waals surface area contributed by atoms with Crippen molar-refractivity contribution >= 4 is 23.4 Å². The number of ketones is 1. The molecule has 0 aliphatic carbocycles. The lowest BCUT2D eigenvalue weighted by atomic mass is 9.94. The number of carbonyl (C=O) groups excluding carboxylic acids is 3. The lowest BCUT2D eigenvalue weighted by Gasteiger charge is -2.29. The molecule has 0 radical (unpaired) electrons. The Bertz CT molecular complexity index is 1270. The van der Waals surface area contributed by atoms with Crippen molar-refractivity contribution in [3.8, 4) is 5.75 Å². The van der Waals surface area contributed by atoms with Crippen LogP contribution < -0.4 is 4.74 Å². The van der Waals surface area contributed by atoms with Gasteiger partial charge in [-0.05, 0) is 43.5 Å². The van der Waals surface area contributed by atoms with Crippen molar-refractivity contribution in [2.75, 3.05) is 53.1 Å². The number of aliphatic hydroxyl groups excluding tert-OH is 1. The predicted octanol–water partition coefficient (Wildman–Crippen LogP) is 3.13. The van der Waals surface area contributed by atoms with Crippen molar-refractivity contribution in [3.05, 3.63) is 70.6 Å². The highest BCUT2D eigenvalue weighted by molar-refractivity contribution is 6.46. The molecular weight excluding hydrogens is 502 g/mol. The second-order valence-corrected chi connectivity index (χ2v) is 9.59. The van der Waals surface area contributed by atoms with Crippen LogP contribution in [0.5, 0.6) is 5.75 Å². The van der Waals surface area contributed by atoms with Gasteiger partial charge in [-0.15, -0.1) is 0 Å². The van der Waals surface area contributed by atoms with Gasteiger partial charge in [0.2, 0.25) is 0 Å². The molecule has 0 bridgehead atoms. The van der Waals surface area contributed by atoms with E-state index in [-0.39, 0.29) is 17.0 Å². The molecular formula is C29H35N3O7. The number of nitrogens with zero attached hydrogens (tertiary/aromatic N) is 2. The summed E-state index contributed by atoms with van der Waals surface area (Å²) in [5, 5.41) is 11.5. The van der Waals surface area contributed by atoms with Gasteiger partial charge < -0.3 is 29.2 Å². The van der Waals surface area contributed by atoms with Crippen LogP contribution in [0.1, 0.15) is 45.3 Å². The fourth-order valence-corrected chi connectivity index (χ4v) is 5.19. The summed E-state index contributed by atoms with van der Waals surface area (Å²) < 4.78 is 15.9. The summed E-state index contributed by atoms with van der Waals surface area (Å²) in [6, 6.07) is 6.28. The molecule has 2 aliphatic rings.